The van der Waals surface area contributed by atoms with Crippen molar-refractivity contribution in [3.05, 3.63) is 65.5 Å². The van der Waals surface area contributed by atoms with Crippen molar-refractivity contribution in [2.24, 2.45) is 0 Å². The molecule has 32 heavy (non-hydrogen) atoms. The molecule has 3 heterocycles. The summed E-state index contributed by atoms with van der Waals surface area (Å²) in [5.41, 5.74) is 1.62. The lowest BCUT2D eigenvalue weighted by Gasteiger charge is -2.13. The Hall–Kier alpha value is -4.27. The van der Waals surface area contributed by atoms with Gasteiger partial charge < -0.3 is 29.2 Å². The predicted octanol–water partition coefficient (Wildman–Crippen LogP) is 3.41. The number of carbonyl (C=O) groups is 2. The summed E-state index contributed by atoms with van der Waals surface area (Å²) in [7, 11) is 3.04. The van der Waals surface area contributed by atoms with Crippen molar-refractivity contribution in [2.75, 3.05) is 26.1 Å². The van der Waals surface area contributed by atoms with Crippen LogP contribution in [0.4, 0.5) is 5.69 Å². The number of Topliss-reactive ketones (excluding diaryl/α,β-unsaturated/α-hetero) is 1. The van der Waals surface area contributed by atoms with Gasteiger partial charge in [-0.1, -0.05) is 0 Å². The number of ketones is 1. The lowest BCUT2D eigenvalue weighted by atomic mass is 10.1. The monoisotopic (exact) mass is 435 g/mol. The quantitative estimate of drug-likeness (QED) is 0.330. The number of methoxy groups -OCH3 is 2. The molecule has 9 nitrogen and oxygen atoms in total. The van der Waals surface area contributed by atoms with Gasteiger partial charge >= 0.3 is 5.97 Å². The molecule has 1 aromatic carbocycles. The topological polar surface area (TPSA) is 112 Å². The number of carbonyl (C=O) groups excluding carboxylic acids is 2. The summed E-state index contributed by atoms with van der Waals surface area (Å²) in [4.78, 5) is 32.9. The van der Waals surface area contributed by atoms with E-state index < -0.39 is 11.8 Å². The fourth-order valence-corrected chi connectivity index (χ4v) is 3.27. The van der Waals surface area contributed by atoms with Crippen LogP contribution in [0.1, 0.15) is 12.5 Å². The molecule has 0 aliphatic carbocycles. The Balaban J connectivity index is 1.72. The fourth-order valence-electron chi connectivity index (χ4n) is 3.27. The zero-order valence-electron chi connectivity index (χ0n) is 17.7. The minimum atomic E-state index is -0.781. The minimum Gasteiger partial charge on any atom is -0.497 e. The number of pyridine rings is 1. The van der Waals surface area contributed by atoms with E-state index in [4.69, 9.17) is 18.9 Å². The molecule has 1 aliphatic rings. The van der Waals surface area contributed by atoms with Crippen LogP contribution in [0, 0.1) is 0 Å². The first kappa shape index (κ1) is 21.0. The van der Waals surface area contributed by atoms with Crippen LogP contribution in [0.15, 0.2) is 59.9 Å². The minimum absolute atomic E-state index is 0.0206. The molecule has 0 unspecified atom stereocenters. The molecule has 1 aliphatic heterocycles. The number of nitrogens with one attached hydrogen (secondary N) is 2. The van der Waals surface area contributed by atoms with Crippen LogP contribution in [0.5, 0.6) is 11.5 Å². The summed E-state index contributed by atoms with van der Waals surface area (Å²) in [6.45, 7) is 1.77. The number of anilines is 1. The number of benzene rings is 1. The summed E-state index contributed by atoms with van der Waals surface area (Å²) in [5.74, 6) is -0.401. The maximum absolute atomic E-state index is 13.1. The second-order valence-electron chi connectivity index (χ2n) is 6.70. The highest BCUT2D eigenvalue weighted by molar-refractivity contribution is 6.26. The fraction of sp³-hybridized carbons (Fsp3) is 0.174. The molecule has 0 spiro atoms. The molecular weight excluding hydrogens is 414 g/mol. The van der Waals surface area contributed by atoms with Crippen molar-refractivity contribution in [2.45, 2.75) is 6.92 Å². The van der Waals surface area contributed by atoms with Crippen molar-refractivity contribution in [3.8, 4) is 11.5 Å². The van der Waals surface area contributed by atoms with Gasteiger partial charge in [-0.25, -0.2) is 9.78 Å². The van der Waals surface area contributed by atoms with Crippen LogP contribution in [-0.2, 0) is 19.1 Å². The first-order chi connectivity index (χ1) is 15.5. The number of nitrogens with zero attached hydrogens (tertiary/aromatic N) is 1. The van der Waals surface area contributed by atoms with Gasteiger partial charge in [-0.05, 0) is 37.3 Å². The molecule has 0 saturated carbocycles. The second kappa shape index (κ2) is 8.84. The van der Waals surface area contributed by atoms with Crippen molar-refractivity contribution < 1.29 is 28.5 Å². The lowest BCUT2D eigenvalue weighted by Crippen LogP contribution is -2.16. The molecule has 0 saturated heterocycles. The number of ether oxygens (including phenoxy) is 4. The van der Waals surface area contributed by atoms with Gasteiger partial charge in [-0.15, -0.1) is 0 Å². The van der Waals surface area contributed by atoms with E-state index in [2.05, 4.69) is 15.3 Å². The number of H-pyrrole nitrogens is 1. The lowest BCUT2D eigenvalue weighted by molar-refractivity contribution is -0.139. The van der Waals surface area contributed by atoms with Gasteiger partial charge in [0, 0.05) is 29.4 Å². The van der Waals surface area contributed by atoms with E-state index in [0.717, 1.165) is 5.39 Å². The highest BCUT2D eigenvalue weighted by Crippen LogP contribution is 2.34. The molecule has 2 N–H and O–H groups in total. The van der Waals surface area contributed by atoms with Gasteiger partial charge in [0.1, 0.15) is 17.1 Å². The van der Waals surface area contributed by atoms with E-state index in [1.54, 1.807) is 56.8 Å². The molecule has 0 bridgehead atoms. The van der Waals surface area contributed by atoms with Gasteiger partial charge in [0.2, 0.25) is 11.7 Å². The number of fused-ring (bicyclic) bond motifs is 1. The van der Waals surface area contributed by atoms with E-state index in [-0.39, 0.29) is 23.8 Å². The number of rotatable bonds is 7. The molecule has 2 aromatic heterocycles. The Morgan fingerprint density at radius 3 is 2.84 bits per heavy atom. The van der Waals surface area contributed by atoms with Crippen LogP contribution < -0.4 is 14.8 Å². The average molecular weight is 435 g/mol. The first-order valence-electron chi connectivity index (χ1n) is 9.82. The maximum Gasteiger partial charge on any atom is 0.347 e. The highest BCUT2D eigenvalue weighted by atomic mass is 16.5. The number of allylic oxidation sites excluding steroid dienone is 1. The molecule has 164 valence electrons. The van der Waals surface area contributed by atoms with Crippen molar-refractivity contribution in [1.29, 1.82) is 0 Å². The molecule has 0 atom stereocenters. The third-order valence-electron chi connectivity index (χ3n) is 4.80. The summed E-state index contributed by atoms with van der Waals surface area (Å²) >= 11 is 0. The van der Waals surface area contributed by atoms with Crippen LogP contribution in [0.3, 0.4) is 0 Å². The third kappa shape index (κ3) is 3.87. The molecule has 4 rings (SSSR count). The summed E-state index contributed by atoms with van der Waals surface area (Å²) in [5, 5.41) is 3.78. The first-order valence-corrected chi connectivity index (χ1v) is 9.82. The molecule has 0 amide bonds. The van der Waals surface area contributed by atoms with Gasteiger partial charge in [-0.3, -0.25) is 4.79 Å². The van der Waals surface area contributed by atoms with Crippen LogP contribution in [0.25, 0.3) is 17.1 Å². The Morgan fingerprint density at radius 1 is 1.25 bits per heavy atom. The molecule has 0 fully saturated rings. The van der Waals surface area contributed by atoms with Gasteiger partial charge in [0.05, 0.1) is 26.5 Å². The van der Waals surface area contributed by atoms with Crippen LogP contribution >= 0.6 is 0 Å². The van der Waals surface area contributed by atoms with Gasteiger partial charge in [0.15, 0.2) is 11.3 Å². The summed E-state index contributed by atoms with van der Waals surface area (Å²) < 4.78 is 21.5. The Kier molecular flexibility index (Phi) is 5.80. The number of aromatic nitrogens is 2. The largest absolute Gasteiger partial charge is 0.497 e. The molecular formula is C23H21N3O6. The van der Waals surface area contributed by atoms with Crippen molar-refractivity contribution in [3.63, 3.8) is 0 Å². The van der Waals surface area contributed by atoms with E-state index in [0.29, 0.717) is 28.4 Å². The Labute approximate surface area is 183 Å². The number of aromatic amines is 1. The summed E-state index contributed by atoms with van der Waals surface area (Å²) in [6, 6.07) is 8.72. The molecule has 3 aromatic rings. The van der Waals surface area contributed by atoms with Crippen LogP contribution in [0.2, 0.25) is 0 Å². The average Bonchev–Trinajstić information content (AvgIpc) is 3.35. The van der Waals surface area contributed by atoms with Gasteiger partial charge in [0.25, 0.3) is 0 Å². The Bertz CT molecular complexity index is 1260. The predicted molar refractivity (Wildman–Crippen MR) is 117 cm³/mol. The van der Waals surface area contributed by atoms with E-state index >= 15 is 0 Å². The number of esters is 1. The van der Waals surface area contributed by atoms with Crippen LogP contribution in [-0.4, -0.2) is 42.5 Å². The smallest absolute Gasteiger partial charge is 0.347 e. The van der Waals surface area contributed by atoms with Crippen molar-refractivity contribution >= 4 is 34.5 Å². The second-order valence-corrected chi connectivity index (χ2v) is 6.70. The van der Waals surface area contributed by atoms with E-state index in [9.17, 15) is 9.59 Å². The SMILES string of the molecule is CCOC(=O)C1=C(Nc2ccc(OC)cc2OC)OC(=Cc2c[nH]c3ncccc23)C1=O. The van der Waals surface area contributed by atoms with Gasteiger partial charge in [-0.2, -0.15) is 0 Å². The van der Waals surface area contributed by atoms with E-state index in [1.807, 2.05) is 6.07 Å². The van der Waals surface area contributed by atoms with E-state index in [1.165, 1.54) is 7.11 Å². The number of hydrogen-bond acceptors (Lipinski definition) is 8. The van der Waals surface area contributed by atoms with Crippen molar-refractivity contribution in [1.82, 2.24) is 9.97 Å². The number of hydrogen-bond donors (Lipinski definition) is 2. The molecule has 0 radical (unpaired) electrons. The zero-order valence-corrected chi connectivity index (χ0v) is 17.7. The maximum atomic E-state index is 13.1. The summed E-state index contributed by atoms with van der Waals surface area (Å²) in [6.07, 6.45) is 4.93. The third-order valence-corrected chi connectivity index (χ3v) is 4.80. The highest BCUT2D eigenvalue weighted by Gasteiger charge is 2.37. The Morgan fingerprint density at radius 2 is 2.09 bits per heavy atom. The molecule has 9 heteroatoms. The normalized spacial score (nSPS) is 14.6. The standard InChI is InChI=1S/C23H21N3O6/c1-4-31-23(28)19-20(27)18(10-13-12-25-21-15(13)6-5-9-24-21)32-22(19)26-16-8-7-14(29-2)11-17(16)30-3/h5-12,26H,4H2,1-3H3,(H,24,25). The zero-order chi connectivity index (χ0) is 22.7.